The van der Waals surface area contributed by atoms with Gasteiger partial charge in [0, 0.05) is 0 Å². The lowest BCUT2D eigenvalue weighted by molar-refractivity contribution is -0.133. The van der Waals surface area contributed by atoms with Gasteiger partial charge in [0.2, 0.25) is 0 Å². The maximum absolute atomic E-state index is 11.9. The van der Waals surface area contributed by atoms with Gasteiger partial charge in [-0.2, -0.15) is 0 Å². The number of halogens is 1. The zero-order valence-corrected chi connectivity index (χ0v) is 10.00. The molecule has 5 heteroatoms. The fraction of sp³-hybridized carbons (Fsp3) is 0.417. The van der Waals surface area contributed by atoms with Crippen molar-refractivity contribution in [1.82, 2.24) is 0 Å². The van der Waals surface area contributed by atoms with Crippen molar-refractivity contribution in [2.45, 2.75) is 31.3 Å². The Hall–Kier alpha value is -1.26. The minimum absolute atomic E-state index is 0.168. The Morgan fingerprint density at radius 2 is 2.00 bits per heavy atom. The van der Waals surface area contributed by atoms with E-state index in [2.05, 4.69) is 5.32 Å². The molecule has 17 heavy (non-hydrogen) atoms. The highest BCUT2D eigenvalue weighted by atomic mass is 35.5. The molecule has 1 aromatic carbocycles. The van der Waals surface area contributed by atoms with Crippen LogP contribution in [0.3, 0.4) is 0 Å². The molecular formula is C12H14ClNO3. The molecule has 4 nitrogen and oxygen atoms in total. The molecule has 1 fully saturated rings. The minimum atomic E-state index is -1.31. The van der Waals surface area contributed by atoms with Crippen LogP contribution in [0.2, 0.25) is 5.02 Å². The van der Waals surface area contributed by atoms with E-state index in [1.54, 1.807) is 6.07 Å². The zero-order valence-electron chi connectivity index (χ0n) is 9.24. The molecule has 1 aromatic rings. The van der Waals surface area contributed by atoms with Crippen LogP contribution in [0.25, 0.3) is 0 Å². The van der Waals surface area contributed by atoms with Gasteiger partial charge in [-0.3, -0.25) is 4.79 Å². The van der Waals surface area contributed by atoms with Crippen molar-refractivity contribution in [3.05, 3.63) is 23.2 Å². The van der Waals surface area contributed by atoms with Gasteiger partial charge < -0.3 is 15.5 Å². The number of carbonyl (C=O) groups excluding carboxylic acids is 1. The number of hydrogen-bond acceptors (Lipinski definition) is 3. The van der Waals surface area contributed by atoms with Gasteiger partial charge >= 0.3 is 0 Å². The lowest BCUT2D eigenvalue weighted by Gasteiger charge is -2.21. The number of carbonyl (C=O) groups is 1. The number of benzene rings is 1. The van der Waals surface area contributed by atoms with Crippen LogP contribution >= 0.6 is 11.6 Å². The maximum atomic E-state index is 11.9. The Labute approximate surface area is 104 Å². The summed E-state index contributed by atoms with van der Waals surface area (Å²) in [6.07, 6.45) is 2.59. The smallest absolute Gasteiger partial charge is 0.256 e. The lowest BCUT2D eigenvalue weighted by atomic mass is 10.0. The summed E-state index contributed by atoms with van der Waals surface area (Å²) in [5.41, 5.74) is -1.09. The Kier molecular flexibility index (Phi) is 3.26. The topological polar surface area (TPSA) is 69.6 Å². The Balaban J connectivity index is 2.16. The SMILES string of the molecule is O=C(Nc1cccc(Cl)c1O)C1(O)CCCC1. The van der Waals surface area contributed by atoms with Crippen LogP contribution in [0, 0.1) is 0 Å². The fourth-order valence-electron chi connectivity index (χ4n) is 2.04. The second-order valence-electron chi connectivity index (χ2n) is 4.33. The van der Waals surface area contributed by atoms with Crippen LogP contribution in [0.5, 0.6) is 5.75 Å². The quantitative estimate of drug-likeness (QED) is 0.710. The van der Waals surface area contributed by atoms with Crippen molar-refractivity contribution in [3.63, 3.8) is 0 Å². The number of rotatable bonds is 2. The molecule has 0 spiro atoms. The molecule has 0 aliphatic heterocycles. The van der Waals surface area contributed by atoms with Gasteiger partial charge in [0.05, 0.1) is 10.7 Å². The van der Waals surface area contributed by atoms with E-state index in [0.29, 0.717) is 12.8 Å². The largest absolute Gasteiger partial charge is 0.504 e. The second kappa shape index (κ2) is 4.55. The molecule has 0 atom stereocenters. The molecule has 0 saturated heterocycles. The average molecular weight is 256 g/mol. The van der Waals surface area contributed by atoms with Crippen LogP contribution in [0.1, 0.15) is 25.7 Å². The number of aliphatic hydroxyl groups is 1. The van der Waals surface area contributed by atoms with Gasteiger partial charge in [0.25, 0.3) is 5.91 Å². The number of phenolic OH excluding ortho intramolecular Hbond substituents is 1. The average Bonchev–Trinajstić information content (AvgIpc) is 2.73. The Bertz CT molecular complexity index is 441. The van der Waals surface area contributed by atoms with Crippen molar-refractivity contribution >= 4 is 23.2 Å². The van der Waals surface area contributed by atoms with Gasteiger partial charge in [-0.05, 0) is 37.8 Å². The third-order valence-electron chi connectivity index (χ3n) is 3.09. The predicted molar refractivity (Wildman–Crippen MR) is 65.2 cm³/mol. The number of hydrogen-bond donors (Lipinski definition) is 3. The number of phenols is 1. The summed E-state index contributed by atoms with van der Waals surface area (Å²) in [6, 6.07) is 4.69. The van der Waals surface area contributed by atoms with Crippen molar-refractivity contribution in [1.29, 1.82) is 0 Å². The van der Waals surface area contributed by atoms with E-state index in [1.807, 2.05) is 0 Å². The van der Waals surface area contributed by atoms with Crippen LogP contribution in [0.4, 0.5) is 5.69 Å². The molecule has 0 unspecified atom stereocenters. The van der Waals surface area contributed by atoms with Crippen LogP contribution in [0.15, 0.2) is 18.2 Å². The first-order chi connectivity index (χ1) is 8.03. The van der Waals surface area contributed by atoms with Crippen LogP contribution < -0.4 is 5.32 Å². The number of para-hydroxylation sites is 1. The number of nitrogens with one attached hydrogen (secondary N) is 1. The van der Waals surface area contributed by atoms with Gasteiger partial charge in [-0.25, -0.2) is 0 Å². The standard InChI is InChI=1S/C12H14ClNO3/c13-8-4-3-5-9(10(8)15)14-11(16)12(17)6-1-2-7-12/h3-5,15,17H,1-2,6-7H2,(H,14,16). The third kappa shape index (κ3) is 2.37. The van der Waals surface area contributed by atoms with Crippen LogP contribution in [-0.2, 0) is 4.79 Å². The van der Waals surface area contributed by atoms with E-state index in [4.69, 9.17) is 11.6 Å². The second-order valence-corrected chi connectivity index (χ2v) is 4.74. The van der Waals surface area contributed by atoms with Crippen molar-refractivity contribution < 1.29 is 15.0 Å². The van der Waals surface area contributed by atoms with E-state index in [1.165, 1.54) is 12.1 Å². The highest BCUT2D eigenvalue weighted by Crippen LogP contribution is 2.34. The molecule has 1 amide bonds. The Morgan fingerprint density at radius 3 is 2.65 bits per heavy atom. The normalized spacial score (nSPS) is 18.0. The molecule has 0 radical (unpaired) electrons. The van der Waals surface area contributed by atoms with Gasteiger partial charge in [-0.1, -0.05) is 17.7 Å². The molecule has 3 N–H and O–H groups in total. The molecule has 1 aliphatic rings. The first-order valence-corrected chi connectivity index (χ1v) is 5.92. The number of anilines is 1. The van der Waals surface area contributed by atoms with E-state index in [-0.39, 0.29) is 16.5 Å². The first kappa shape index (κ1) is 12.2. The fourth-order valence-corrected chi connectivity index (χ4v) is 2.22. The van der Waals surface area contributed by atoms with Crippen molar-refractivity contribution in [2.75, 3.05) is 5.32 Å². The van der Waals surface area contributed by atoms with Gasteiger partial charge in [0.1, 0.15) is 5.60 Å². The summed E-state index contributed by atoms with van der Waals surface area (Å²) in [7, 11) is 0. The highest BCUT2D eigenvalue weighted by Gasteiger charge is 2.39. The zero-order chi connectivity index (χ0) is 12.5. The monoisotopic (exact) mass is 255 g/mol. The van der Waals surface area contributed by atoms with Crippen molar-refractivity contribution in [2.24, 2.45) is 0 Å². The van der Waals surface area contributed by atoms with Gasteiger partial charge in [0.15, 0.2) is 5.75 Å². The van der Waals surface area contributed by atoms with E-state index in [9.17, 15) is 15.0 Å². The first-order valence-electron chi connectivity index (χ1n) is 5.54. The molecule has 1 aliphatic carbocycles. The summed E-state index contributed by atoms with van der Waals surface area (Å²) in [6.45, 7) is 0. The lowest BCUT2D eigenvalue weighted by Crippen LogP contribution is -2.40. The van der Waals surface area contributed by atoms with Crippen LogP contribution in [-0.4, -0.2) is 21.7 Å². The molecule has 1 saturated carbocycles. The third-order valence-corrected chi connectivity index (χ3v) is 3.39. The summed E-state index contributed by atoms with van der Waals surface area (Å²) in [5, 5.41) is 22.4. The maximum Gasteiger partial charge on any atom is 0.256 e. The number of amides is 1. The summed E-state index contributed by atoms with van der Waals surface area (Å²) in [4.78, 5) is 11.9. The van der Waals surface area contributed by atoms with E-state index < -0.39 is 11.5 Å². The van der Waals surface area contributed by atoms with E-state index in [0.717, 1.165) is 12.8 Å². The molecule has 92 valence electrons. The highest BCUT2D eigenvalue weighted by molar-refractivity contribution is 6.32. The molecule has 0 bridgehead atoms. The molecule has 0 heterocycles. The van der Waals surface area contributed by atoms with Gasteiger partial charge in [-0.15, -0.1) is 0 Å². The summed E-state index contributed by atoms with van der Waals surface area (Å²) in [5.74, 6) is -0.656. The summed E-state index contributed by atoms with van der Waals surface area (Å²) < 4.78 is 0. The van der Waals surface area contributed by atoms with Crippen molar-refractivity contribution in [3.8, 4) is 5.75 Å². The summed E-state index contributed by atoms with van der Waals surface area (Å²) >= 11 is 5.73. The predicted octanol–water partition coefficient (Wildman–Crippen LogP) is 2.29. The molecular weight excluding hydrogens is 242 g/mol. The molecule has 2 rings (SSSR count). The minimum Gasteiger partial charge on any atom is -0.504 e. The number of aromatic hydroxyl groups is 1. The Morgan fingerprint density at radius 1 is 1.35 bits per heavy atom. The van der Waals surface area contributed by atoms with E-state index >= 15 is 0 Å². The molecule has 0 aromatic heterocycles.